The van der Waals surface area contributed by atoms with E-state index in [0.29, 0.717) is 22.9 Å². The van der Waals surface area contributed by atoms with Gasteiger partial charge >= 0.3 is 0 Å². The maximum absolute atomic E-state index is 12.6. The highest BCUT2D eigenvalue weighted by Gasteiger charge is 2.28. The summed E-state index contributed by atoms with van der Waals surface area (Å²) >= 11 is 5.25. The number of hydrogen-bond acceptors (Lipinski definition) is 3. The second kappa shape index (κ2) is 6.45. The predicted octanol–water partition coefficient (Wildman–Crippen LogP) is 3.40. The van der Waals surface area contributed by atoms with E-state index < -0.39 is 0 Å². The van der Waals surface area contributed by atoms with Gasteiger partial charge in [-0.2, -0.15) is 5.10 Å². The van der Waals surface area contributed by atoms with Gasteiger partial charge in [-0.25, -0.2) is 0 Å². The molecule has 0 saturated heterocycles. The molecule has 4 rings (SSSR count). The minimum atomic E-state index is -0.0786. The number of ketones is 1. The smallest absolute Gasteiger partial charge is 0.214 e. The van der Waals surface area contributed by atoms with E-state index in [2.05, 4.69) is 15.8 Å². The Kier molecular flexibility index (Phi) is 3.99. The molecular weight excluding hydrogens is 330 g/mol. The molecule has 3 aromatic rings. The van der Waals surface area contributed by atoms with Crippen LogP contribution in [0.5, 0.6) is 0 Å². The second-order valence-corrected chi connectivity index (χ2v) is 6.19. The summed E-state index contributed by atoms with van der Waals surface area (Å²) in [6.07, 6.45) is 0. The third-order valence-corrected chi connectivity index (χ3v) is 4.42. The molecule has 4 nitrogen and oxygen atoms in total. The molecule has 1 aliphatic rings. The quantitative estimate of drug-likeness (QED) is 0.564. The van der Waals surface area contributed by atoms with Crippen molar-refractivity contribution in [2.45, 2.75) is 6.54 Å². The van der Waals surface area contributed by atoms with Gasteiger partial charge in [-0.3, -0.25) is 10.2 Å². The van der Waals surface area contributed by atoms with Gasteiger partial charge in [0, 0.05) is 23.1 Å². The predicted molar refractivity (Wildman–Crippen MR) is 104 cm³/mol. The Bertz CT molecular complexity index is 1010. The Morgan fingerprint density at radius 2 is 1.64 bits per heavy atom. The summed E-state index contributed by atoms with van der Waals surface area (Å²) in [5, 5.41) is 9.73. The van der Waals surface area contributed by atoms with Crippen molar-refractivity contribution in [3.05, 3.63) is 83.4 Å². The highest BCUT2D eigenvalue weighted by molar-refractivity contribution is 7.80. The molecule has 1 aliphatic carbocycles. The number of carbonyl (C=O) groups excluding carboxylic acids is 1. The van der Waals surface area contributed by atoms with Crippen molar-refractivity contribution in [1.29, 1.82) is 0 Å². The Labute approximate surface area is 150 Å². The summed E-state index contributed by atoms with van der Waals surface area (Å²) in [6, 6.07) is 21.5. The van der Waals surface area contributed by atoms with Crippen LogP contribution in [0, 0.1) is 0 Å². The molecule has 2 N–H and O–H groups in total. The topological polar surface area (TPSA) is 53.5 Å². The zero-order valence-electron chi connectivity index (χ0n) is 13.3. The Morgan fingerprint density at radius 3 is 2.40 bits per heavy atom. The van der Waals surface area contributed by atoms with Crippen LogP contribution in [-0.2, 0) is 6.54 Å². The molecular formula is C20H15N3OS. The number of hydrogen-bond donors (Lipinski definition) is 2. The van der Waals surface area contributed by atoms with Gasteiger partial charge < -0.3 is 5.32 Å². The van der Waals surface area contributed by atoms with Gasteiger partial charge in [0.2, 0.25) is 5.78 Å². The summed E-state index contributed by atoms with van der Waals surface area (Å²) in [6.45, 7) is 0.598. The molecule has 0 spiro atoms. The van der Waals surface area contributed by atoms with Gasteiger partial charge in [0.1, 0.15) is 5.71 Å². The van der Waals surface area contributed by atoms with Gasteiger partial charge in [0.25, 0.3) is 0 Å². The fraction of sp³-hybridized carbons (Fsp3) is 0.0500. The molecule has 0 radical (unpaired) electrons. The zero-order valence-corrected chi connectivity index (χ0v) is 14.1. The Balaban J connectivity index is 1.52. The van der Waals surface area contributed by atoms with Crippen LogP contribution in [-0.4, -0.2) is 16.6 Å². The first-order valence-electron chi connectivity index (χ1n) is 7.96. The van der Waals surface area contributed by atoms with Crippen molar-refractivity contribution in [1.82, 2.24) is 10.7 Å². The molecule has 0 aliphatic heterocycles. The van der Waals surface area contributed by atoms with Crippen molar-refractivity contribution < 1.29 is 4.79 Å². The van der Waals surface area contributed by atoms with Crippen molar-refractivity contribution in [2.24, 2.45) is 5.10 Å². The molecule has 0 aromatic heterocycles. The highest BCUT2D eigenvalue weighted by Crippen LogP contribution is 2.30. The number of carbonyl (C=O) groups is 1. The maximum atomic E-state index is 12.6. The fourth-order valence-corrected chi connectivity index (χ4v) is 3.13. The molecule has 122 valence electrons. The Morgan fingerprint density at radius 1 is 0.920 bits per heavy atom. The monoisotopic (exact) mass is 345 g/mol. The van der Waals surface area contributed by atoms with Gasteiger partial charge in [-0.15, -0.1) is 0 Å². The summed E-state index contributed by atoms with van der Waals surface area (Å²) in [5.74, 6) is -0.0786. The van der Waals surface area contributed by atoms with E-state index in [0.717, 1.165) is 21.9 Å². The van der Waals surface area contributed by atoms with Gasteiger partial charge in [-0.1, -0.05) is 66.7 Å². The van der Waals surface area contributed by atoms with Crippen molar-refractivity contribution in [3.8, 4) is 0 Å². The van der Waals surface area contributed by atoms with E-state index in [1.165, 1.54) is 0 Å². The number of Topliss-reactive ketones (excluding diaryl/α,β-unsaturated/α-hetero) is 1. The average Bonchev–Trinajstić information content (AvgIpc) is 2.93. The number of benzene rings is 3. The van der Waals surface area contributed by atoms with Crippen LogP contribution in [0.4, 0.5) is 0 Å². The molecule has 0 atom stereocenters. The number of rotatable bonds is 3. The highest BCUT2D eigenvalue weighted by atomic mass is 32.1. The number of nitrogens with one attached hydrogen (secondary N) is 2. The summed E-state index contributed by atoms with van der Waals surface area (Å²) in [7, 11) is 0. The lowest BCUT2D eigenvalue weighted by molar-refractivity contribution is 0.106. The molecule has 5 heteroatoms. The van der Waals surface area contributed by atoms with E-state index in [4.69, 9.17) is 12.2 Å². The van der Waals surface area contributed by atoms with E-state index in [1.807, 2.05) is 66.7 Å². The molecule has 0 fully saturated rings. The first-order chi connectivity index (χ1) is 12.2. The van der Waals surface area contributed by atoms with Gasteiger partial charge in [0.05, 0.1) is 0 Å². The molecule has 25 heavy (non-hydrogen) atoms. The van der Waals surface area contributed by atoms with E-state index in [1.54, 1.807) is 0 Å². The molecule has 0 saturated carbocycles. The van der Waals surface area contributed by atoms with Crippen LogP contribution in [0.3, 0.4) is 0 Å². The Hall–Kier alpha value is -3.05. The zero-order chi connectivity index (χ0) is 17.2. The lowest BCUT2D eigenvalue weighted by Crippen LogP contribution is -2.32. The summed E-state index contributed by atoms with van der Waals surface area (Å²) in [5.41, 5.74) is 5.84. The molecule has 0 bridgehead atoms. The lowest BCUT2D eigenvalue weighted by Gasteiger charge is -2.07. The summed E-state index contributed by atoms with van der Waals surface area (Å²) in [4.78, 5) is 12.6. The minimum Gasteiger partial charge on any atom is -0.357 e. The maximum Gasteiger partial charge on any atom is 0.214 e. The molecule has 0 amide bonds. The number of thiocarbonyl (C=S) groups is 1. The van der Waals surface area contributed by atoms with Crippen LogP contribution in [0.2, 0.25) is 0 Å². The third-order valence-electron chi connectivity index (χ3n) is 4.18. The van der Waals surface area contributed by atoms with Gasteiger partial charge in [0.15, 0.2) is 5.11 Å². The number of nitrogens with zero attached hydrogens (tertiary/aromatic N) is 1. The SMILES string of the molecule is O=C1/C(=N/NC(=S)NCc2ccccc2)c2cccc3cccc1c23. The van der Waals surface area contributed by atoms with Crippen molar-refractivity contribution in [2.75, 3.05) is 0 Å². The van der Waals surface area contributed by atoms with E-state index in [-0.39, 0.29) is 5.78 Å². The first kappa shape index (κ1) is 15.5. The van der Waals surface area contributed by atoms with E-state index >= 15 is 0 Å². The average molecular weight is 345 g/mol. The van der Waals surface area contributed by atoms with Crippen molar-refractivity contribution in [3.63, 3.8) is 0 Å². The standard InChI is InChI=1S/C20H15N3OS/c24-19-16-11-5-9-14-8-4-10-15(17(14)16)18(19)22-23-20(25)21-12-13-6-2-1-3-7-13/h1-11H,12H2,(H2,21,23,25)/b22-18+. The first-order valence-corrected chi connectivity index (χ1v) is 8.37. The fourth-order valence-electron chi connectivity index (χ4n) is 3.01. The van der Waals surface area contributed by atoms with Crippen molar-refractivity contribution >= 4 is 39.6 Å². The molecule has 0 heterocycles. The van der Waals surface area contributed by atoms with Crippen LogP contribution in [0.25, 0.3) is 10.8 Å². The van der Waals surface area contributed by atoms with Crippen LogP contribution in [0.15, 0.2) is 71.8 Å². The summed E-state index contributed by atoms with van der Waals surface area (Å²) < 4.78 is 0. The number of hydrazone groups is 1. The lowest BCUT2D eigenvalue weighted by atomic mass is 10.1. The minimum absolute atomic E-state index is 0.0786. The third kappa shape index (κ3) is 2.90. The largest absolute Gasteiger partial charge is 0.357 e. The normalized spacial score (nSPS) is 14.1. The second-order valence-electron chi connectivity index (χ2n) is 5.78. The van der Waals surface area contributed by atoms with Crippen LogP contribution >= 0.6 is 12.2 Å². The van der Waals surface area contributed by atoms with E-state index in [9.17, 15) is 4.79 Å². The van der Waals surface area contributed by atoms with Gasteiger partial charge in [-0.05, 0) is 23.2 Å². The molecule has 3 aromatic carbocycles. The molecule has 0 unspecified atom stereocenters. The van der Waals surface area contributed by atoms with Crippen LogP contribution < -0.4 is 10.7 Å². The van der Waals surface area contributed by atoms with Crippen LogP contribution in [0.1, 0.15) is 21.5 Å².